The predicted octanol–water partition coefficient (Wildman–Crippen LogP) is 2.72. The predicted molar refractivity (Wildman–Crippen MR) is 85.0 cm³/mol. The molecule has 0 radical (unpaired) electrons. The van der Waals surface area contributed by atoms with E-state index in [1.807, 2.05) is 4.68 Å². The molecule has 1 aromatic rings. The van der Waals surface area contributed by atoms with Gasteiger partial charge in [-0.15, -0.1) is 0 Å². The van der Waals surface area contributed by atoms with Crippen LogP contribution in [0, 0.1) is 0 Å². The molecule has 0 saturated heterocycles. The Kier molecular flexibility index (Phi) is 4.02. The van der Waals surface area contributed by atoms with Crippen molar-refractivity contribution in [2.24, 2.45) is 0 Å². The summed E-state index contributed by atoms with van der Waals surface area (Å²) in [6.45, 7) is 4.61. The Bertz CT molecular complexity index is 554. The summed E-state index contributed by atoms with van der Waals surface area (Å²) in [5.41, 5.74) is 1.11. The molecule has 122 valence electrons. The van der Waals surface area contributed by atoms with Gasteiger partial charge in [-0.2, -0.15) is 5.10 Å². The van der Waals surface area contributed by atoms with Crippen LogP contribution in [0.1, 0.15) is 80.4 Å². The fraction of sp³-hybridized carbons (Fsp3) is 0.765. The molecular formula is C17H27N3O2. The minimum atomic E-state index is -0.696. The van der Waals surface area contributed by atoms with Crippen LogP contribution in [-0.4, -0.2) is 44.9 Å². The maximum atomic E-state index is 12.8. The lowest BCUT2D eigenvalue weighted by Crippen LogP contribution is -2.42. The number of aromatic nitrogens is 2. The SMILES string of the molecule is CC(C)n1ncc(C(=O)N(C)CC2(O)CCCC2)c1C1CC1. The van der Waals surface area contributed by atoms with Crippen LogP contribution < -0.4 is 0 Å². The second-order valence-corrected chi connectivity index (χ2v) is 7.35. The van der Waals surface area contributed by atoms with Crippen LogP contribution in [0.25, 0.3) is 0 Å². The van der Waals surface area contributed by atoms with Crippen molar-refractivity contribution < 1.29 is 9.90 Å². The van der Waals surface area contributed by atoms with Gasteiger partial charge in [0.25, 0.3) is 5.91 Å². The van der Waals surface area contributed by atoms with E-state index in [-0.39, 0.29) is 11.9 Å². The zero-order valence-corrected chi connectivity index (χ0v) is 13.9. The minimum Gasteiger partial charge on any atom is -0.388 e. The number of aliphatic hydroxyl groups is 1. The van der Waals surface area contributed by atoms with Gasteiger partial charge in [-0.3, -0.25) is 9.48 Å². The lowest BCUT2D eigenvalue weighted by atomic mass is 10.0. The molecule has 1 N–H and O–H groups in total. The molecule has 2 aliphatic rings. The van der Waals surface area contributed by atoms with Crippen LogP contribution in [0.5, 0.6) is 0 Å². The molecule has 2 fully saturated rings. The lowest BCUT2D eigenvalue weighted by Gasteiger charge is -2.28. The van der Waals surface area contributed by atoms with Gasteiger partial charge < -0.3 is 10.0 Å². The van der Waals surface area contributed by atoms with Gasteiger partial charge in [-0.1, -0.05) is 12.8 Å². The van der Waals surface area contributed by atoms with E-state index in [0.29, 0.717) is 12.5 Å². The summed E-state index contributed by atoms with van der Waals surface area (Å²) < 4.78 is 1.99. The van der Waals surface area contributed by atoms with Gasteiger partial charge in [-0.05, 0) is 39.5 Å². The molecule has 5 nitrogen and oxygen atoms in total. The normalized spacial score (nSPS) is 20.6. The molecule has 0 aromatic carbocycles. The summed E-state index contributed by atoms with van der Waals surface area (Å²) in [7, 11) is 1.79. The zero-order valence-electron chi connectivity index (χ0n) is 13.9. The Balaban J connectivity index is 1.79. The van der Waals surface area contributed by atoms with E-state index in [9.17, 15) is 9.90 Å². The smallest absolute Gasteiger partial charge is 0.257 e. The monoisotopic (exact) mass is 305 g/mol. The zero-order chi connectivity index (χ0) is 15.9. The number of nitrogens with zero attached hydrogens (tertiary/aromatic N) is 3. The molecule has 5 heteroatoms. The molecule has 0 spiro atoms. The largest absolute Gasteiger partial charge is 0.388 e. The fourth-order valence-electron chi connectivity index (χ4n) is 3.62. The standard InChI is InChI=1S/C17H27N3O2/c1-12(2)20-15(13-6-7-13)14(10-18-20)16(21)19(3)11-17(22)8-4-5-9-17/h10,12-13,22H,4-9,11H2,1-3H3. The molecule has 22 heavy (non-hydrogen) atoms. The van der Waals surface area contributed by atoms with Gasteiger partial charge in [0.15, 0.2) is 0 Å². The van der Waals surface area contributed by atoms with Crippen LogP contribution >= 0.6 is 0 Å². The molecule has 1 amide bonds. The van der Waals surface area contributed by atoms with Crippen molar-refractivity contribution >= 4 is 5.91 Å². The van der Waals surface area contributed by atoms with E-state index in [1.165, 1.54) is 0 Å². The third-order valence-electron chi connectivity index (χ3n) is 4.93. The number of rotatable bonds is 5. The average molecular weight is 305 g/mol. The van der Waals surface area contributed by atoms with Crippen LogP contribution in [0.4, 0.5) is 0 Å². The van der Waals surface area contributed by atoms with Crippen molar-refractivity contribution in [3.8, 4) is 0 Å². The topological polar surface area (TPSA) is 58.4 Å². The first-order valence-corrected chi connectivity index (χ1v) is 8.46. The Labute approximate surface area is 132 Å². The maximum absolute atomic E-state index is 12.8. The first-order chi connectivity index (χ1) is 10.4. The Morgan fingerprint density at radius 3 is 2.64 bits per heavy atom. The van der Waals surface area contributed by atoms with E-state index >= 15 is 0 Å². The summed E-state index contributed by atoms with van der Waals surface area (Å²) in [5, 5.41) is 15.0. The number of hydrogen-bond donors (Lipinski definition) is 1. The summed E-state index contributed by atoms with van der Waals surface area (Å²) in [6.07, 6.45) is 7.70. The summed E-state index contributed by atoms with van der Waals surface area (Å²) in [4.78, 5) is 14.5. The molecule has 0 aliphatic heterocycles. The van der Waals surface area contributed by atoms with Gasteiger partial charge in [0.2, 0.25) is 0 Å². The van der Waals surface area contributed by atoms with Gasteiger partial charge in [0.1, 0.15) is 0 Å². The van der Waals surface area contributed by atoms with Gasteiger partial charge in [0.05, 0.1) is 23.1 Å². The minimum absolute atomic E-state index is 0.00544. The molecule has 0 atom stereocenters. The van der Waals surface area contributed by atoms with Gasteiger partial charge in [0, 0.05) is 25.6 Å². The first kappa shape index (κ1) is 15.5. The van der Waals surface area contributed by atoms with E-state index in [4.69, 9.17) is 0 Å². The second-order valence-electron chi connectivity index (χ2n) is 7.35. The van der Waals surface area contributed by atoms with Gasteiger partial charge >= 0.3 is 0 Å². The third-order valence-corrected chi connectivity index (χ3v) is 4.93. The molecule has 2 saturated carbocycles. The molecular weight excluding hydrogens is 278 g/mol. The quantitative estimate of drug-likeness (QED) is 0.910. The van der Waals surface area contributed by atoms with Crippen molar-refractivity contribution in [3.63, 3.8) is 0 Å². The highest BCUT2D eigenvalue weighted by Gasteiger charge is 2.37. The van der Waals surface area contributed by atoms with Crippen molar-refractivity contribution in [2.75, 3.05) is 13.6 Å². The Morgan fingerprint density at radius 1 is 1.45 bits per heavy atom. The molecule has 0 unspecified atom stereocenters. The van der Waals surface area contributed by atoms with E-state index < -0.39 is 5.60 Å². The third kappa shape index (κ3) is 2.91. The number of amides is 1. The highest BCUT2D eigenvalue weighted by atomic mass is 16.3. The van der Waals surface area contributed by atoms with E-state index in [2.05, 4.69) is 18.9 Å². The van der Waals surface area contributed by atoms with Crippen molar-refractivity contribution in [2.45, 2.75) is 69.9 Å². The molecule has 1 aromatic heterocycles. The van der Waals surface area contributed by atoms with Crippen LogP contribution in [0.3, 0.4) is 0 Å². The molecule has 1 heterocycles. The highest BCUT2D eigenvalue weighted by molar-refractivity contribution is 5.95. The number of carbonyl (C=O) groups is 1. The number of likely N-dealkylation sites (N-methyl/N-ethyl adjacent to an activating group) is 1. The number of hydrogen-bond acceptors (Lipinski definition) is 3. The first-order valence-electron chi connectivity index (χ1n) is 8.46. The fourth-order valence-corrected chi connectivity index (χ4v) is 3.62. The summed E-state index contributed by atoms with van der Waals surface area (Å²) in [6, 6.07) is 0.265. The average Bonchev–Trinajstić information content (AvgIpc) is 3.05. The molecule has 3 rings (SSSR count). The van der Waals surface area contributed by atoms with Crippen molar-refractivity contribution in [1.29, 1.82) is 0 Å². The van der Waals surface area contributed by atoms with Gasteiger partial charge in [-0.25, -0.2) is 0 Å². The maximum Gasteiger partial charge on any atom is 0.257 e. The highest BCUT2D eigenvalue weighted by Crippen LogP contribution is 2.42. The molecule has 2 aliphatic carbocycles. The Morgan fingerprint density at radius 2 is 2.09 bits per heavy atom. The van der Waals surface area contributed by atoms with E-state index in [0.717, 1.165) is 49.8 Å². The van der Waals surface area contributed by atoms with Crippen LogP contribution in [0.15, 0.2) is 6.20 Å². The lowest BCUT2D eigenvalue weighted by molar-refractivity contribution is 0.0156. The second kappa shape index (κ2) is 5.69. The van der Waals surface area contributed by atoms with Crippen molar-refractivity contribution in [3.05, 3.63) is 17.5 Å². The van der Waals surface area contributed by atoms with Crippen LogP contribution in [-0.2, 0) is 0 Å². The van der Waals surface area contributed by atoms with E-state index in [1.54, 1.807) is 18.1 Å². The van der Waals surface area contributed by atoms with Crippen molar-refractivity contribution in [1.82, 2.24) is 14.7 Å². The number of carbonyl (C=O) groups excluding carboxylic acids is 1. The molecule has 0 bridgehead atoms. The van der Waals surface area contributed by atoms with Crippen LogP contribution in [0.2, 0.25) is 0 Å². The summed E-state index contributed by atoms with van der Waals surface area (Å²) >= 11 is 0. The summed E-state index contributed by atoms with van der Waals surface area (Å²) in [5.74, 6) is 0.473. The Hall–Kier alpha value is -1.36.